The number of nitrogens with one attached hydrogen (secondary N) is 1. The van der Waals surface area contributed by atoms with Crippen LogP contribution in [0.15, 0.2) is 0 Å². The Balaban J connectivity index is 2.87. The number of hydrogen-bond acceptors (Lipinski definition) is 2. The minimum absolute atomic E-state index is 0.0270. The molecule has 0 bridgehead atoms. The minimum Gasteiger partial charge on any atom is -0.342 e. The van der Waals surface area contributed by atoms with E-state index >= 15 is 0 Å². The van der Waals surface area contributed by atoms with Gasteiger partial charge in [-0.05, 0) is 24.7 Å². The van der Waals surface area contributed by atoms with Crippen molar-refractivity contribution in [2.45, 2.75) is 60.0 Å². The number of piperazine rings is 1. The van der Waals surface area contributed by atoms with E-state index in [9.17, 15) is 9.59 Å². The molecule has 4 atom stereocenters. The molecule has 19 heavy (non-hydrogen) atoms. The van der Waals surface area contributed by atoms with E-state index < -0.39 is 0 Å². The summed E-state index contributed by atoms with van der Waals surface area (Å²) in [4.78, 5) is 26.3. The number of carbonyl (C=O) groups is 2. The second kappa shape index (κ2) is 6.40. The Labute approximate surface area is 116 Å². The van der Waals surface area contributed by atoms with Gasteiger partial charge in [0.15, 0.2) is 0 Å². The van der Waals surface area contributed by atoms with Gasteiger partial charge in [0, 0.05) is 6.54 Å². The highest BCUT2D eigenvalue weighted by Crippen LogP contribution is 2.21. The van der Waals surface area contributed by atoms with Crippen LogP contribution >= 0.6 is 0 Å². The van der Waals surface area contributed by atoms with Gasteiger partial charge in [0.05, 0.1) is 0 Å². The quantitative estimate of drug-likeness (QED) is 0.829. The molecule has 0 radical (unpaired) electrons. The molecule has 1 aliphatic rings. The van der Waals surface area contributed by atoms with Gasteiger partial charge in [-0.25, -0.2) is 0 Å². The van der Waals surface area contributed by atoms with E-state index in [4.69, 9.17) is 0 Å². The Morgan fingerprint density at radius 2 is 1.79 bits per heavy atom. The molecular formula is C15H28N2O2. The van der Waals surface area contributed by atoms with E-state index in [1.54, 1.807) is 4.90 Å². The number of hydrogen-bond donors (Lipinski definition) is 1. The van der Waals surface area contributed by atoms with Crippen LogP contribution in [0.1, 0.15) is 48.0 Å². The highest BCUT2D eigenvalue weighted by Gasteiger charge is 2.40. The van der Waals surface area contributed by atoms with Gasteiger partial charge in [-0.15, -0.1) is 0 Å². The zero-order chi connectivity index (χ0) is 14.7. The molecule has 1 heterocycles. The summed E-state index contributed by atoms with van der Waals surface area (Å²) in [6.45, 7) is 13.0. The first-order valence-corrected chi connectivity index (χ1v) is 7.40. The summed E-state index contributed by atoms with van der Waals surface area (Å²) in [5, 5.41) is 2.87. The molecule has 4 nitrogen and oxygen atoms in total. The molecule has 0 aliphatic carbocycles. The number of carbonyl (C=O) groups excluding carboxylic acids is 2. The first-order chi connectivity index (χ1) is 8.79. The van der Waals surface area contributed by atoms with Crippen molar-refractivity contribution in [3.05, 3.63) is 0 Å². The van der Waals surface area contributed by atoms with Crippen LogP contribution in [0.4, 0.5) is 0 Å². The maximum atomic E-state index is 12.6. The summed E-state index contributed by atoms with van der Waals surface area (Å²) in [6.07, 6.45) is 0.888. The highest BCUT2D eigenvalue weighted by molar-refractivity contribution is 5.96. The van der Waals surface area contributed by atoms with E-state index in [0.29, 0.717) is 18.4 Å². The molecule has 2 amide bonds. The van der Waals surface area contributed by atoms with Gasteiger partial charge in [-0.2, -0.15) is 0 Å². The molecule has 1 fully saturated rings. The van der Waals surface area contributed by atoms with Crippen LogP contribution in [0.25, 0.3) is 0 Å². The predicted molar refractivity (Wildman–Crippen MR) is 76.6 cm³/mol. The van der Waals surface area contributed by atoms with E-state index in [2.05, 4.69) is 26.1 Å². The van der Waals surface area contributed by atoms with Gasteiger partial charge in [-0.1, -0.05) is 41.0 Å². The van der Waals surface area contributed by atoms with Crippen LogP contribution in [0.5, 0.6) is 0 Å². The third-order valence-corrected chi connectivity index (χ3v) is 4.53. The first kappa shape index (κ1) is 16.0. The van der Waals surface area contributed by atoms with Crippen molar-refractivity contribution in [1.29, 1.82) is 0 Å². The number of rotatable bonds is 5. The SMILES string of the molecule is CCC(C)C1NC(=O)C(C)N(CC(C)C(C)C)C1=O. The fourth-order valence-electron chi connectivity index (χ4n) is 2.24. The largest absolute Gasteiger partial charge is 0.342 e. The molecule has 4 unspecified atom stereocenters. The molecule has 0 aromatic carbocycles. The van der Waals surface area contributed by atoms with Crippen LogP contribution in [0, 0.1) is 17.8 Å². The monoisotopic (exact) mass is 268 g/mol. The van der Waals surface area contributed by atoms with Crippen molar-refractivity contribution in [2.24, 2.45) is 17.8 Å². The Bertz CT molecular complexity index is 341. The smallest absolute Gasteiger partial charge is 0.246 e. The predicted octanol–water partition coefficient (Wildman–Crippen LogP) is 2.04. The summed E-state index contributed by atoms with van der Waals surface area (Å²) in [5.41, 5.74) is 0. The highest BCUT2D eigenvalue weighted by atomic mass is 16.2. The third-order valence-electron chi connectivity index (χ3n) is 4.53. The zero-order valence-corrected chi connectivity index (χ0v) is 13.1. The van der Waals surface area contributed by atoms with Crippen molar-refractivity contribution in [3.8, 4) is 0 Å². The molecule has 1 saturated heterocycles. The van der Waals surface area contributed by atoms with Crippen molar-refractivity contribution in [1.82, 2.24) is 10.2 Å². The van der Waals surface area contributed by atoms with Gasteiger partial charge in [0.2, 0.25) is 11.8 Å². The minimum atomic E-state index is -0.354. The number of nitrogens with zero attached hydrogens (tertiary/aromatic N) is 1. The van der Waals surface area contributed by atoms with E-state index in [0.717, 1.165) is 6.42 Å². The average Bonchev–Trinajstić information content (AvgIpc) is 2.37. The second-order valence-electron chi connectivity index (χ2n) is 6.26. The summed E-state index contributed by atoms with van der Waals surface area (Å²) < 4.78 is 0. The molecule has 0 aromatic heterocycles. The molecule has 1 N–H and O–H groups in total. The Morgan fingerprint density at radius 3 is 2.26 bits per heavy atom. The van der Waals surface area contributed by atoms with Crippen molar-refractivity contribution >= 4 is 11.8 Å². The third kappa shape index (κ3) is 3.48. The Kier molecular flexibility index (Phi) is 5.39. The maximum absolute atomic E-state index is 12.6. The van der Waals surface area contributed by atoms with Crippen molar-refractivity contribution < 1.29 is 9.59 Å². The fourth-order valence-corrected chi connectivity index (χ4v) is 2.24. The molecule has 0 spiro atoms. The summed E-state index contributed by atoms with van der Waals surface area (Å²) >= 11 is 0. The summed E-state index contributed by atoms with van der Waals surface area (Å²) in [5.74, 6) is 1.14. The van der Waals surface area contributed by atoms with Crippen molar-refractivity contribution in [3.63, 3.8) is 0 Å². The van der Waals surface area contributed by atoms with Crippen molar-refractivity contribution in [2.75, 3.05) is 6.54 Å². The Morgan fingerprint density at radius 1 is 1.21 bits per heavy atom. The first-order valence-electron chi connectivity index (χ1n) is 7.40. The molecule has 110 valence electrons. The zero-order valence-electron chi connectivity index (χ0n) is 13.1. The lowest BCUT2D eigenvalue weighted by molar-refractivity contribution is -0.151. The van der Waals surface area contributed by atoms with Crippen LogP contribution in [0.2, 0.25) is 0 Å². The van der Waals surface area contributed by atoms with Gasteiger partial charge < -0.3 is 10.2 Å². The van der Waals surface area contributed by atoms with Gasteiger partial charge in [0.1, 0.15) is 12.1 Å². The summed E-state index contributed by atoms with van der Waals surface area (Å²) in [7, 11) is 0. The van der Waals surface area contributed by atoms with Crippen LogP contribution < -0.4 is 5.32 Å². The lowest BCUT2D eigenvalue weighted by atomic mass is 9.92. The fraction of sp³-hybridized carbons (Fsp3) is 0.867. The Hall–Kier alpha value is -1.06. The molecule has 0 saturated carbocycles. The van der Waals surface area contributed by atoms with Crippen LogP contribution in [-0.2, 0) is 9.59 Å². The molecular weight excluding hydrogens is 240 g/mol. The lowest BCUT2D eigenvalue weighted by Gasteiger charge is -2.41. The van der Waals surface area contributed by atoms with Crippen LogP contribution in [-0.4, -0.2) is 35.3 Å². The van der Waals surface area contributed by atoms with Gasteiger partial charge >= 0.3 is 0 Å². The van der Waals surface area contributed by atoms with Gasteiger partial charge in [0.25, 0.3) is 0 Å². The molecule has 4 heteroatoms. The summed E-state index contributed by atoms with van der Waals surface area (Å²) in [6, 6.07) is -0.706. The van der Waals surface area contributed by atoms with E-state index in [-0.39, 0.29) is 29.8 Å². The molecule has 0 aromatic rings. The molecule has 1 rings (SSSR count). The average molecular weight is 268 g/mol. The molecule has 1 aliphatic heterocycles. The lowest BCUT2D eigenvalue weighted by Crippen LogP contribution is -2.64. The maximum Gasteiger partial charge on any atom is 0.246 e. The topological polar surface area (TPSA) is 49.4 Å². The standard InChI is InChI=1S/C15H28N2O2/c1-7-10(4)13-15(19)17(8-11(5)9(2)3)12(6)14(18)16-13/h9-13H,7-8H2,1-6H3,(H,16,18). The number of amides is 2. The van der Waals surface area contributed by atoms with E-state index in [1.165, 1.54) is 0 Å². The second-order valence-corrected chi connectivity index (χ2v) is 6.26. The van der Waals surface area contributed by atoms with Gasteiger partial charge in [-0.3, -0.25) is 9.59 Å². The van der Waals surface area contributed by atoms with E-state index in [1.807, 2.05) is 20.8 Å². The van der Waals surface area contributed by atoms with Crippen LogP contribution in [0.3, 0.4) is 0 Å². The normalized spacial score (nSPS) is 27.4.